The summed E-state index contributed by atoms with van der Waals surface area (Å²) in [6.45, 7) is 5.65. The van der Waals surface area contributed by atoms with Crippen molar-refractivity contribution in [2.45, 2.75) is 114 Å². The summed E-state index contributed by atoms with van der Waals surface area (Å²) in [7, 11) is 0. The predicted molar refractivity (Wildman–Crippen MR) is 256 cm³/mol. The van der Waals surface area contributed by atoms with Crippen molar-refractivity contribution in [2.75, 3.05) is 26.4 Å². The molecule has 12 heteroatoms. The van der Waals surface area contributed by atoms with Gasteiger partial charge in [0.2, 0.25) is 18.0 Å². The molecular formula is C55H65N3O9. The van der Waals surface area contributed by atoms with E-state index in [0.29, 0.717) is 50.5 Å². The van der Waals surface area contributed by atoms with E-state index in [9.17, 15) is 15.0 Å². The maximum Gasteiger partial charge on any atom is 0.412 e. The van der Waals surface area contributed by atoms with Crippen LogP contribution < -0.4 is 14.8 Å². The number of oxime groups is 1. The Balaban J connectivity index is 1.21. The highest BCUT2D eigenvalue weighted by Gasteiger charge is 2.66. The molecular weight excluding hydrogens is 847 g/mol. The first-order valence-electron chi connectivity index (χ1n) is 24.5. The van der Waals surface area contributed by atoms with Crippen LogP contribution in [-0.4, -0.2) is 77.4 Å². The number of aliphatic hydroxyl groups is 2. The molecule has 2 heterocycles. The first-order chi connectivity index (χ1) is 32.9. The maximum atomic E-state index is 15.2. The van der Waals surface area contributed by atoms with E-state index >= 15 is 4.79 Å². The molecule has 2 amide bonds. The maximum absolute atomic E-state index is 15.2. The number of benzene rings is 4. The van der Waals surface area contributed by atoms with Crippen LogP contribution in [0.25, 0.3) is 10.8 Å². The molecule has 0 bridgehead atoms. The molecule has 67 heavy (non-hydrogen) atoms. The number of ether oxygens (including phenoxy) is 4. The summed E-state index contributed by atoms with van der Waals surface area (Å²) >= 11 is 0. The van der Waals surface area contributed by atoms with Crippen LogP contribution in [0.5, 0.6) is 11.5 Å². The third-order valence-electron chi connectivity index (χ3n) is 14.4. The Morgan fingerprint density at radius 1 is 0.910 bits per heavy atom. The number of hydrogen-bond donors (Lipinski definition) is 3. The van der Waals surface area contributed by atoms with Gasteiger partial charge < -0.3 is 44.2 Å². The van der Waals surface area contributed by atoms with Crippen LogP contribution in [0.15, 0.2) is 120 Å². The number of hydrogen-bond acceptors (Lipinski definition) is 10. The second-order valence-electron chi connectivity index (χ2n) is 18.8. The highest BCUT2D eigenvalue weighted by Crippen LogP contribution is 2.62. The Bertz CT molecular complexity index is 2410. The molecule has 1 unspecified atom stereocenters. The van der Waals surface area contributed by atoms with Crippen molar-refractivity contribution in [1.82, 2.24) is 10.2 Å². The highest BCUT2D eigenvalue weighted by molar-refractivity contribution is 6.03. The highest BCUT2D eigenvalue weighted by atomic mass is 16.8. The van der Waals surface area contributed by atoms with Crippen LogP contribution in [-0.2, 0) is 32.2 Å². The number of aliphatic hydroxyl groups excluding tert-OH is 2. The first kappa shape index (κ1) is 46.6. The molecule has 4 aromatic rings. The van der Waals surface area contributed by atoms with E-state index in [1.165, 1.54) is 0 Å². The second kappa shape index (κ2) is 21.6. The Labute approximate surface area is 394 Å². The number of carbonyl (C=O) groups is 2. The van der Waals surface area contributed by atoms with Crippen molar-refractivity contribution in [1.29, 1.82) is 0 Å². The lowest BCUT2D eigenvalue weighted by Gasteiger charge is -2.60. The number of amides is 2. The van der Waals surface area contributed by atoms with Gasteiger partial charge in [0.05, 0.1) is 24.8 Å². The smallest absolute Gasteiger partial charge is 0.412 e. The number of unbranched alkanes of at least 4 members (excludes halogenated alkanes) is 2. The third kappa shape index (κ3) is 10.3. The molecule has 3 aliphatic carbocycles. The molecule has 0 aromatic heterocycles. The van der Waals surface area contributed by atoms with Gasteiger partial charge in [-0.3, -0.25) is 4.79 Å². The average Bonchev–Trinajstić information content (AvgIpc) is 4.22. The summed E-state index contributed by atoms with van der Waals surface area (Å²) in [6, 6.07) is 29.1. The number of nitrogens with zero attached hydrogens (tertiary/aromatic N) is 2. The number of nitrogens with one attached hydrogen (secondary N) is 1. The lowest BCUT2D eigenvalue weighted by Crippen LogP contribution is -2.70. The standard InChI is InChI=1S/C55H65N3O9/c1-2-30-64-55-49(58(53(61)39-24-25-39)36-41-20-14-19-38-17-6-7-21-43(38)41)34-47(57-67-50-23-10-13-31-63-50)45-32-40(18-8-11-28-59)44(22-9-12-29-60)51(52(45)55)46-33-42(26-27-48(46)66-55)65-54(62)56-35-37-15-4-3-5-16-37/h2-7,14-17,19-21,26-27,32-33,39-40,44,49-52,59-60H,1,8-13,18,22-25,28-31,34-36H2,(H,56,62)/t40-,44+,49-,50?,51+,52+,55+/m0/s1. The van der Waals surface area contributed by atoms with Gasteiger partial charge in [0.25, 0.3) is 0 Å². The minimum absolute atomic E-state index is 0.00347. The first-order valence-corrected chi connectivity index (χ1v) is 24.5. The van der Waals surface area contributed by atoms with Crippen LogP contribution in [0, 0.1) is 23.7 Å². The largest absolute Gasteiger partial charge is 0.459 e. The second-order valence-corrected chi connectivity index (χ2v) is 18.8. The molecule has 7 atom stereocenters. The lowest BCUT2D eigenvalue weighted by atomic mass is 9.55. The van der Waals surface area contributed by atoms with Crippen molar-refractivity contribution in [3.05, 3.63) is 132 Å². The van der Waals surface area contributed by atoms with E-state index in [-0.39, 0.29) is 49.4 Å². The summed E-state index contributed by atoms with van der Waals surface area (Å²) < 4.78 is 26.8. The van der Waals surface area contributed by atoms with Crippen LogP contribution in [0.4, 0.5) is 4.79 Å². The van der Waals surface area contributed by atoms with Crippen molar-refractivity contribution in [2.24, 2.45) is 28.8 Å². The van der Waals surface area contributed by atoms with Crippen LogP contribution >= 0.6 is 0 Å². The normalized spacial score (nSPS) is 25.8. The van der Waals surface area contributed by atoms with Crippen LogP contribution in [0.1, 0.15) is 99.7 Å². The van der Waals surface area contributed by atoms with E-state index in [1.807, 2.05) is 65.6 Å². The zero-order valence-corrected chi connectivity index (χ0v) is 38.4. The average molecular weight is 912 g/mol. The van der Waals surface area contributed by atoms with Gasteiger partial charge in [-0.2, -0.15) is 0 Å². The van der Waals surface area contributed by atoms with Gasteiger partial charge in [0.15, 0.2) is 0 Å². The van der Waals surface area contributed by atoms with E-state index in [0.717, 1.165) is 96.5 Å². The van der Waals surface area contributed by atoms with Gasteiger partial charge in [-0.1, -0.05) is 103 Å². The molecule has 0 spiro atoms. The van der Waals surface area contributed by atoms with Gasteiger partial charge in [-0.25, -0.2) is 4.79 Å². The zero-order valence-electron chi connectivity index (χ0n) is 38.4. The number of allylic oxidation sites excluding steroid dienone is 1. The molecule has 1 saturated heterocycles. The summed E-state index contributed by atoms with van der Waals surface area (Å²) in [5, 5.41) is 30.2. The molecule has 2 saturated carbocycles. The van der Waals surface area contributed by atoms with Gasteiger partial charge in [0.1, 0.15) is 17.5 Å². The van der Waals surface area contributed by atoms with E-state index < -0.39 is 30.1 Å². The van der Waals surface area contributed by atoms with Crippen LogP contribution in [0.2, 0.25) is 0 Å². The molecule has 354 valence electrons. The number of carbonyl (C=O) groups excluding carboxylic acids is 2. The molecule has 3 fully saturated rings. The fourth-order valence-electron chi connectivity index (χ4n) is 11.1. The van der Waals surface area contributed by atoms with E-state index in [4.69, 9.17) is 28.9 Å². The fourth-order valence-corrected chi connectivity index (χ4v) is 11.1. The number of rotatable bonds is 20. The Kier molecular flexibility index (Phi) is 15.0. The SMILES string of the molecule is C=CCO[C@@]12Oc3ccc(OC(=O)NCc4ccccc4)cc3[C@H]3[C@H](CCCCO)[C@@H](CCCCO)C=C(C(=NOC4CCCCO4)C[C@@H]1N(Cc1cccc4ccccc14)C(=O)C1CC1)[C@H]32. The zero-order chi connectivity index (χ0) is 46.2. The fraction of sp³-hybridized carbons (Fsp3) is 0.473. The summed E-state index contributed by atoms with van der Waals surface area (Å²) in [5.74, 6) is -1.28. The topological polar surface area (TPSA) is 148 Å². The van der Waals surface area contributed by atoms with Crippen LogP contribution in [0.3, 0.4) is 0 Å². The van der Waals surface area contributed by atoms with Crippen molar-refractivity contribution in [3.63, 3.8) is 0 Å². The number of fused-ring (bicyclic) bond motifs is 3. The minimum atomic E-state index is -1.42. The molecule has 4 aromatic carbocycles. The molecule has 0 radical (unpaired) electrons. The van der Waals surface area contributed by atoms with Crippen molar-refractivity contribution in [3.8, 4) is 11.5 Å². The predicted octanol–water partition coefficient (Wildman–Crippen LogP) is 9.73. The van der Waals surface area contributed by atoms with E-state index in [1.54, 1.807) is 12.1 Å². The lowest BCUT2D eigenvalue weighted by molar-refractivity contribution is -0.258. The summed E-state index contributed by atoms with van der Waals surface area (Å²) in [6.07, 6.45) is 12.1. The van der Waals surface area contributed by atoms with Crippen molar-refractivity contribution < 1.29 is 43.6 Å². The minimum Gasteiger partial charge on any atom is -0.459 e. The van der Waals surface area contributed by atoms with Gasteiger partial charge in [0, 0.05) is 56.5 Å². The molecule has 12 nitrogen and oxygen atoms in total. The molecule has 5 aliphatic rings. The summed E-state index contributed by atoms with van der Waals surface area (Å²) in [5.41, 5.74) is 4.50. The molecule has 2 aliphatic heterocycles. The molecule has 9 rings (SSSR count). The van der Waals surface area contributed by atoms with E-state index in [2.05, 4.69) is 42.2 Å². The Morgan fingerprint density at radius 3 is 2.48 bits per heavy atom. The van der Waals surface area contributed by atoms with Gasteiger partial charge in [-0.05, 0) is 109 Å². The summed E-state index contributed by atoms with van der Waals surface area (Å²) in [4.78, 5) is 36.9. The Hall–Kier alpha value is -5.53. The van der Waals surface area contributed by atoms with Gasteiger partial charge >= 0.3 is 6.09 Å². The quantitative estimate of drug-likeness (QED) is 0.0448. The van der Waals surface area contributed by atoms with Gasteiger partial charge in [-0.15, -0.1) is 6.58 Å². The Morgan fingerprint density at radius 2 is 1.70 bits per heavy atom. The molecule has 3 N–H and O–H groups in total. The van der Waals surface area contributed by atoms with Crippen molar-refractivity contribution >= 4 is 28.5 Å². The third-order valence-corrected chi connectivity index (χ3v) is 14.4. The monoisotopic (exact) mass is 911 g/mol.